The van der Waals surface area contributed by atoms with Crippen molar-refractivity contribution >= 4 is 11.6 Å². The van der Waals surface area contributed by atoms with Crippen molar-refractivity contribution in [3.63, 3.8) is 0 Å². The first-order chi connectivity index (χ1) is 13.8. The van der Waals surface area contributed by atoms with Gasteiger partial charge in [-0.3, -0.25) is 14.6 Å². The van der Waals surface area contributed by atoms with Crippen LogP contribution in [-0.2, 0) is 4.79 Å². The number of carbonyl (C=O) groups is 1. The SMILES string of the molecule is C=CCC1C(=O)N(C(C=C)N2CCNCC2c2ccccc2)c2ccccc21. The predicted octanol–water partition coefficient (Wildman–Crippen LogP) is 3.85. The van der Waals surface area contributed by atoms with E-state index in [1.165, 1.54) is 5.56 Å². The third kappa shape index (κ3) is 3.19. The molecule has 2 heterocycles. The maximum atomic E-state index is 13.4. The molecule has 144 valence electrons. The van der Waals surface area contributed by atoms with Crippen molar-refractivity contribution in [3.05, 3.63) is 91.0 Å². The van der Waals surface area contributed by atoms with Crippen LogP contribution in [0.3, 0.4) is 0 Å². The van der Waals surface area contributed by atoms with Gasteiger partial charge < -0.3 is 5.32 Å². The number of nitrogens with one attached hydrogen (secondary N) is 1. The van der Waals surface area contributed by atoms with Crippen LogP contribution >= 0.6 is 0 Å². The molecule has 2 aliphatic heterocycles. The second-order valence-electron chi connectivity index (χ2n) is 7.36. The van der Waals surface area contributed by atoms with E-state index >= 15 is 0 Å². The first-order valence-corrected chi connectivity index (χ1v) is 9.93. The number of hydrogen-bond donors (Lipinski definition) is 1. The molecule has 2 aromatic carbocycles. The van der Waals surface area contributed by atoms with E-state index in [0.29, 0.717) is 6.42 Å². The third-order valence-corrected chi connectivity index (χ3v) is 5.79. The van der Waals surface area contributed by atoms with Gasteiger partial charge in [-0.05, 0) is 23.6 Å². The zero-order chi connectivity index (χ0) is 19.5. The van der Waals surface area contributed by atoms with Crippen molar-refractivity contribution in [2.45, 2.75) is 24.5 Å². The number of piperazine rings is 1. The molecule has 0 saturated carbocycles. The standard InChI is InChI=1S/C24H27N3O/c1-3-10-20-19-13-8-9-14-21(19)27(24(20)28)23(4-2)26-16-15-25-17-22(26)18-11-6-5-7-12-18/h3-9,11-14,20,22-23,25H,1-2,10,15-17H2. The molecule has 4 nitrogen and oxygen atoms in total. The normalized spacial score (nSPS) is 23.3. The van der Waals surface area contributed by atoms with Crippen molar-refractivity contribution < 1.29 is 4.79 Å². The summed E-state index contributed by atoms with van der Waals surface area (Å²) in [7, 11) is 0. The molecule has 0 aromatic heterocycles. The molecule has 1 saturated heterocycles. The Labute approximate surface area is 167 Å². The molecule has 1 amide bonds. The van der Waals surface area contributed by atoms with Crippen LogP contribution in [0.2, 0.25) is 0 Å². The smallest absolute Gasteiger partial charge is 0.236 e. The zero-order valence-electron chi connectivity index (χ0n) is 16.1. The fourth-order valence-electron chi connectivity index (χ4n) is 4.50. The van der Waals surface area contributed by atoms with Gasteiger partial charge in [0.15, 0.2) is 0 Å². The molecule has 1 fully saturated rings. The van der Waals surface area contributed by atoms with Crippen LogP contribution in [0.5, 0.6) is 0 Å². The highest BCUT2D eigenvalue weighted by Crippen LogP contribution is 2.42. The number of carbonyl (C=O) groups excluding carboxylic acids is 1. The van der Waals surface area contributed by atoms with E-state index in [4.69, 9.17) is 0 Å². The van der Waals surface area contributed by atoms with Crippen LogP contribution < -0.4 is 10.2 Å². The summed E-state index contributed by atoms with van der Waals surface area (Å²) in [6.45, 7) is 10.6. The van der Waals surface area contributed by atoms with Crippen LogP contribution in [0, 0.1) is 0 Å². The number of amides is 1. The fourth-order valence-corrected chi connectivity index (χ4v) is 4.50. The van der Waals surface area contributed by atoms with Crippen LogP contribution in [-0.4, -0.2) is 36.6 Å². The lowest BCUT2D eigenvalue weighted by Crippen LogP contribution is -2.56. The van der Waals surface area contributed by atoms with Gasteiger partial charge in [0.05, 0.1) is 5.92 Å². The number of para-hydroxylation sites is 1. The zero-order valence-corrected chi connectivity index (χ0v) is 16.1. The molecule has 1 N–H and O–H groups in total. The average Bonchev–Trinajstić information content (AvgIpc) is 3.02. The summed E-state index contributed by atoms with van der Waals surface area (Å²) in [6, 6.07) is 18.8. The van der Waals surface area contributed by atoms with E-state index in [1.54, 1.807) is 0 Å². The van der Waals surface area contributed by atoms with Crippen molar-refractivity contribution in [1.82, 2.24) is 10.2 Å². The summed E-state index contributed by atoms with van der Waals surface area (Å²) in [5, 5.41) is 3.50. The summed E-state index contributed by atoms with van der Waals surface area (Å²) in [4.78, 5) is 17.8. The Morgan fingerprint density at radius 2 is 1.86 bits per heavy atom. The van der Waals surface area contributed by atoms with Crippen molar-refractivity contribution in [1.29, 1.82) is 0 Å². The van der Waals surface area contributed by atoms with E-state index in [-0.39, 0.29) is 24.0 Å². The molecular formula is C24H27N3O. The Bertz CT molecular complexity index is 863. The molecule has 4 rings (SSSR count). The van der Waals surface area contributed by atoms with E-state index < -0.39 is 0 Å². The van der Waals surface area contributed by atoms with Gasteiger partial charge in [0.25, 0.3) is 0 Å². The monoisotopic (exact) mass is 373 g/mol. The number of rotatable bonds is 6. The molecule has 0 aliphatic carbocycles. The second-order valence-corrected chi connectivity index (χ2v) is 7.36. The van der Waals surface area contributed by atoms with E-state index in [2.05, 4.69) is 53.7 Å². The predicted molar refractivity (Wildman–Crippen MR) is 114 cm³/mol. The van der Waals surface area contributed by atoms with Gasteiger partial charge in [-0.2, -0.15) is 0 Å². The first-order valence-electron chi connectivity index (χ1n) is 9.93. The quantitative estimate of drug-likeness (QED) is 0.781. The molecule has 2 aliphatic rings. The highest BCUT2D eigenvalue weighted by molar-refractivity contribution is 6.05. The fraction of sp³-hybridized carbons (Fsp3) is 0.292. The first kappa shape index (κ1) is 18.7. The Morgan fingerprint density at radius 1 is 1.11 bits per heavy atom. The summed E-state index contributed by atoms with van der Waals surface area (Å²) < 4.78 is 0. The van der Waals surface area contributed by atoms with Gasteiger partial charge in [-0.1, -0.05) is 67.3 Å². The lowest BCUT2D eigenvalue weighted by atomic mass is 9.97. The van der Waals surface area contributed by atoms with Crippen LogP contribution in [0.1, 0.15) is 29.5 Å². The summed E-state index contributed by atoms with van der Waals surface area (Å²) in [5.74, 6) is -0.0226. The van der Waals surface area contributed by atoms with E-state index in [0.717, 1.165) is 30.9 Å². The lowest BCUT2D eigenvalue weighted by molar-refractivity contribution is -0.120. The number of fused-ring (bicyclic) bond motifs is 1. The summed E-state index contributed by atoms with van der Waals surface area (Å²) in [6.07, 6.45) is 4.21. The molecule has 0 radical (unpaired) electrons. The number of allylic oxidation sites excluding steroid dienone is 1. The van der Waals surface area contributed by atoms with Gasteiger partial charge >= 0.3 is 0 Å². The molecule has 3 atom stereocenters. The highest BCUT2D eigenvalue weighted by Gasteiger charge is 2.42. The minimum absolute atomic E-state index is 0.136. The van der Waals surface area contributed by atoms with Crippen molar-refractivity contribution in [2.24, 2.45) is 0 Å². The average molecular weight is 374 g/mol. The maximum absolute atomic E-state index is 13.4. The number of hydrogen-bond acceptors (Lipinski definition) is 3. The Balaban J connectivity index is 1.72. The number of benzene rings is 2. The minimum atomic E-state index is -0.184. The van der Waals surface area contributed by atoms with E-state index in [1.807, 2.05) is 41.3 Å². The summed E-state index contributed by atoms with van der Waals surface area (Å²) >= 11 is 0. The molecular weight excluding hydrogens is 346 g/mol. The van der Waals surface area contributed by atoms with Crippen LogP contribution in [0.4, 0.5) is 5.69 Å². The molecule has 2 aromatic rings. The second kappa shape index (κ2) is 8.13. The van der Waals surface area contributed by atoms with Gasteiger partial charge in [0.2, 0.25) is 5.91 Å². The number of anilines is 1. The summed E-state index contributed by atoms with van der Waals surface area (Å²) in [5.41, 5.74) is 3.34. The molecule has 0 bridgehead atoms. The largest absolute Gasteiger partial charge is 0.314 e. The Hall–Kier alpha value is -2.69. The lowest BCUT2D eigenvalue weighted by Gasteiger charge is -2.44. The van der Waals surface area contributed by atoms with Gasteiger partial charge in [0, 0.05) is 31.4 Å². The minimum Gasteiger partial charge on any atom is -0.314 e. The van der Waals surface area contributed by atoms with Crippen LogP contribution in [0.15, 0.2) is 79.9 Å². The van der Waals surface area contributed by atoms with E-state index in [9.17, 15) is 4.79 Å². The highest BCUT2D eigenvalue weighted by atomic mass is 16.2. The Morgan fingerprint density at radius 3 is 2.61 bits per heavy atom. The molecule has 0 spiro atoms. The van der Waals surface area contributed by atoms with Gasteiger partial charge in [-0.25, -0.2) is 0 Å². The number of nitrogens with zero attached hydrogens (tertiary/aromatic N) is 2. The Kier molecular flexibility index (Phi) is 5.42. The molecule has 4 heteroatoms. The maximum Gasteiger partial charge on any atom is 0.236 e. The van der Waals surface area contributed by atoms with Crippen LogP contribution in [0.25, 0.3) is 0 Å². The molecule has 28 heavy (non-hydrogen) atoms. The van der Waals surface area contributed by atoms with Crippen molar-refractivity contribution in [2.75, 3.05) is 24.5 Å². The van der Waals surface area contributed by atoms with Gasteiger partial charge in [0.1, 0.15) is 6.17 Å². The van der Waals surface area contributed by atoms with Crippen molar-refractivity contribution in [3.8, 4) is 0 Å². The van der Waals surface area contributed by atoms with Gasteiger partial charge in [-0.15, -0.1) is 6.58 Å². The third-order valence-electron chi connectivity index (χ3n) is 5.79. The molecule has 3 unspecified atom stereocenters. The topological polar surface area (TPSA) is 35.6 Å².